The van der Waals surface area contributed by atoms with Crippen LogP contribution in [-0.2, 0) is 9.59 Å². The Balaban J connectivity index is 1.51. The van der Waals surface area contributed by atoms with Gasteiger partial charge in [-0.25, -0.2) is 14.4 Å². The van der Waals surface area contributed by atoms with E-state index in [2.05, 4.69) is 20.6 Å². The van der Waals surface area contributed by atoms with Crippen LogP contribution in [0.5, 0.6) is 0 Å². The first kappa shape index (κ1) is 19.2. The second kappa shape index (κ2) is 8.45. The number of hydrogen-bond acceptors (Lipinski definition) is 6. The van der Waals surface area contributed by atoms with Crippen LogP contribution >= 0.6 is 23.1 Å². The molecule has 1 aromatic carbocycles. The monoisotopic (exact) mass is 404 g/mol. The number of halogens is 1. The maximum atomic E-state index is 12.8. The number of rotatable bonds is 6. The van der Waals surface area contributed by atoms with Crippen molar-refractivity contribution in [1.29, 1.82) is 0 Å². The van der Waals surface area contributed by atoms with Crippen LogP contribution in [0.15, 0.2) is 35.6 Å². The molecule has 140 valence electrons. The smallest absolute Gasteiger partial charge is 0.243 e. The molecule has 0 aliphatic heterocycles. The van der Waals surface area contributed by atoms with Crippen molar-refractivity contribution in [3.63, 3.8) is 0 Å². The molecule has 3 aromatic rings. The minimum atomic E-state index is -0.381. The summed E-state index contributed by atoms with van der Waals surface area (Å²) in [6.07, 6.45) is 1.49. The maximum absolute atomic E-state index is 12.8. The van der Waals surface area contributed by atoms with Crippen LogP contribution in [0.1, 0.15) is 10.4 Å². The van der Waals surface area contributed by atoms with Crippen LogP contribution in [0.3, 0.4) is 0 Å². The average Bonchev–Trinajstić information content (AvgIpc) is 2.95. The van der Waals surface area contributed by atoms with Crippen molar-refractivity contribution in [2.75, 3.05) is 17.6 Å². The minimum absolute atomic E-state index is 0.143. The number of amides is 2. The number of thiophene rings is 1. The highest BCUT2D eigenvalue weighted by Gasteiger charge is 2.14. The standard InChI is InChI=1S/C18H17FN4O2S2/c1-10-11(2)27-18-16(10)17(21-9-22-18)26-8-15(25)20-7-14(24)23-13-5-3-12(19)4-6-13/h3-6,9H,7-8H2,1-2H3,(H,20,25)(H,23,24). The number of thioether (sulfide) groups is 1. The third-order valence-corrected chi connectivity index (χ3v) is 5.95. The van der Waals surface area contributed by atoms with E-state index < -0.39 is 0 Å². The van der Waals surface area contributed by atoms with E-state index in [0.717, 1.165) is 20.8 Å². The molecule has 2 amide bonds. The molecule has 3 rings (SSSR count). The summed E-state index contributed by atoms with van der Waals surface area (Å²) in [4.78, 5) is 34.5. The molecular weight excluding hydrogens is 387 g/mol. The molecule has 0 saturated heterocycles. The molecule has 6 nitrogen and oxygen atoms in total. The van der Waals surface area contributed by atoms with E-state index in [1.54, 1.807) is 11.3 Å². The van der Waals surface area contributed by atoms with Crippen molar-refractivity contribution in [1.82, 2.24) is 15.3 Å². The lowest BCUT2D eigenvalue weighted by atomic mass is 10.2. The van der Waals surface area contributed by atoms with Gasteiger partial charge in [-0.15, -0.1) is 11.3 Å². The number of nitrogens with zero attached hydrogens (tertiary/aromatic N) is 2. The summed E-state index contributed by atoms with van der Waals surface area (Å²) >= 11 is 2.91. The second-order valence-corrected chi connectivity index (χ2v) is 7.93. The van der Waals surface area contributed by atoms with Crippen LogP contribution < -0.4 is 10.6 Å². The molecule has 27 heavy (non-hydrogen) atoms. The average molecular weight is 404 g/mol. The van der Waals surface area contributed by atoms with Gasteiger partial charge in [-0.05, 0) is 43.7 Å². The Morgan fingerprint density at radius 3 is 2.63 bits per heavy atom. The topological polar surface area (TPSA) is 84.0 Å². The Bertz CT molecular complexity index is 989. The highest BCUT2D eigenvalue weighted by Crippen LogP contribution is 2.34. The number of aryl methyl sites for hydroxylation is 2. The summed E-state index contributed by atoms with van der Waals surface area (Å²) in [6.45, 7) is 3.89. The molecule has 0 aliphatic carbocycles. The molecular formula is C18H17FN4O2S2. The van der Waals surface area contributed by atoms with Gasteiger partial charge in [0.2, 0.25) is 11.8 Å². The summed E-state index contributed by atoms with van der Waals surface area (Å²) in [7, 11) is 0. The predicted octanol–water partition coefficient (Wildman–Crippen LogP) is 3.29. The van der Waals surface area contributed by atoms with Crippen molar-refractivity contribution in [2.45, 2.75) is 18.9 Å². The largest absolute Gasteiger partial charge is 0.346 e. The van der Waals surface area contributed by atoms with E-state index in [4.69, 9.17) is 0 Å². The molecule has 0 aliphatic rings. The Morgan fingerprint density at radius 2 is 1.89 bits per heavy atom. The van der Waals surface area contributed by atoms with Crippen molar-refractivity contribution in [3.05, 3.63) is 46.9 Å². The number of aromatic nitrogens is 2. The minimum Gasteiger partial charge on any atom is -0.346 e. The molecule has 0 saturated carbocycles. The summed E-state index contributed by atoms with van der Waals surface area (Å²) in [5.41, 5.74) is 1.59. The summed E-state index contributed by atoms with van der Waals surface area (Å²) in [5, 5.41) is 6.89. The molecule has 2 N–H and O–H groups in total. The number of fused-ring (bicyclic) bond motifs is 1. The van der Waals surface area contributed by atoms with E-state index in [1.807, 2.05) is 13.8 Å². The Labute approximate surface area is 163 Å². The third kappa shape index (κ3) is 4.81. The van der Waals surface area contributed by atoms with E-state index in [-0.39, 0.29) is 29.9 Å². The first-order chi connectivity index (χ1) is 12.9. The lowest BCUT2D eigenvalue weighted by Crippen LogP contribution is -2.33. The van der Waals surface area contributed by atoms with Gasteiger partial charge < -0.3 is 10.6 Å². The van der Waals surface area contributed by atoms with Crippen LogP contribution in [0.2, 0.25) is 0 Å². The zero-order chi connectivity index (χ0) is 19.4. The Kier molecular flexibility index (Phi) is 6.02. The zero-order valence-electron chi connectivity index (χ0n) is 14.7. The van der Waals surface area contributed by atoms with Gasteiger partial charge in [0.05, 0.1) is 12.3 Å². The fourth-order valence-electron chi connectivity index (χ4n) is 2.36. The van der Waals surface area contributed by atoms with Crippen LogP contribution in [0.4, 0.5) is 10.1 Å². The second-order valence-electron chi connectivity index (χ2n) is 5.76. The molecule has 0 atom stereocenters. The highest BCUT2D eigenvalue weighted by molar-refractivity contribution is 8.00. The fourth-order valence-corrected chi connectivity index (χ4v) is 4.31. The van der Waals surface area contributed by atoms with Gasteiger partial charge in [0, 0.05) is 16.0 Å². The van der Waals surface area contributed by atoms with E-state index in [9.17, 15) is 14.0 Å². The van der Waals surface area contributed by atoms with Crippen LogP contribution in [0, 0.1) is 19.7 Å². The van der Waals surface area contributed by atoms with Gasteiger partial charge in [-0.3, -0.25) is 9.59 Å². The van der Waals surface area contributed by atoms with Crippen molar-refractivity contribution < 1.29 is 14.0 Å². The summed E-state index contributed by atoms with van der Waals surface area (Å²) in [6, 6.07) is 5.41. The predicted molar refractivity (Wildman–Crippen MR) is 106 cm³/mol. The lowest BCUT2D eigenvalue weighted by molar-refractivity contribution is -0.122. The molecule has 0 spiro atoms. The van der Waals surface area contributed by atoms with E-state index in [0.29, 0.717) is 5.69 Å². The number of carbonyl (C=O) groups is 2. The number of hydrogen-bond donors (Lipinski definition) is 2. The third-order valence-electron chi connectivity index (χ3n) is 3.84. The van der Waals surface area contributed by atoms with Gasteiger partial charge in [-0.1, -0.05) is 11.8 Å². The van der Waals surface area contributed by atoms with E-state index >= 15 is 0 Å². The van der Waals surface area contributed by atoms with Crippen LogP contribution in [0.25, 0.3) is 10.2 Å². The van der Waals surface area contributed by atoms with Crippen molar-refractivity contribution >= 4 is 50.8 Å². The van der Waals surface area contributed by atoms with Gasteiger partial charge >= 0.3 is 0 Å². The SMILES string of the molecule is Cc1sc2ncnc(SCC(=O)NCC(=O)Nc3ccc(F)cc3)c2c1C. The van der Waals surface area contributed by atoms with E-state index in [1.165, 1.54) is 47.2 Å². The number of anilines is 1. The zero-order valence-corrected chi connectivity index (χ0v) is 16.3. The number of benzene rings is 1. The molecule has 9 heteroatoms. The molecule has 0 bridgehead atoms. The quantitative estimate of drug-likeness (QED) is 0.487. The normalized spacial score (nSPS) is 10.8. The van der Waals surface area contributed by atoms with Crippen molar-refractivity contribution in [2.24, 2.45) is 0 Å². The molecule has 0 unspecified atom stereocenters. The molecule has 0 fully saturated rings. The first-order valence-electron chi connectivity index (χ1n) is 8.09. The lowest BCUT2D eigenvalue weighted by Gasteiger charge is -2.07. The molecule has 2 heterocycles. The summed E-state index contributed by atoms with van der Waals surface area (Å²) in [5.74, 6) is -0.892. The van der Waals surface area contributed by atoms with Crippen molar-refractivity contribution in [3.8, 4) is 0 Å². The van der Waals surface area contributed by atoms with Gasteiger partial charge in [-0.2, -0.15) is 0 Å². The Hall–Kier alpha value is -2.52. The van der Waals surface area contributed by atoms with Gasteiger partial charge in [0.25, 0.3) is 0 Å². The summed E-state index contributed by atoms with van der Waals surface area (Å²) < 4.78 is 12.8. The maximum Gasteiger partial charge on any atom is 0.243 e. The number of carbonyl (C=O) groups excluding carboxylic acids is 2. The van der Waals surface area contributed by atoms with Gasteiger partial charge in [0.15, 0.2) is 0 Å². The fraction of sp³-hybridized carbons (Fsp3) is 0.222. The highest BCUT2D eigenvalue weighted by atomic mass is 32.2. The first-order valence-corrected chi connectivity index (χ1v) is 9.90. The molecule has 0 radical (unpaired) electrons. The van der Waals surface area contributed by atoms with Gasteiger partial charge in [0.1, 0.15) is 22.0 Å². The molecule has 2 aromatic heterocycles. The van der Waals surface area contributed by atoms with Crippen LogP contribution in [-0.4, -0.2) is 34.1 Å². The number of nitrogens with one attached hydrogen (secondary N) is 2. The Morgan fingerprint density at radius 1 is 1.15 bits per heavy atom.